The molecule has 0 unspecified atom stereocenters. The van der Waals surface area contributed by atoms with Gasteiger partial charge in [-0.15, -0.1) is 0 Å². The predicted molar refractivity (Wildman–Crippen MR) is 124 cm³/mol. The average molecular weight is 452 g/mol. The number of fused-ring (bicyclic) bond motifs is 1. The molecule has 1 amide bonds. The van der Waals surface area contributed by atoms with E-state index in [1.54, 1.807) is 22.1 Å². The summed E-state index contributed by atoms with van der Waals surface area (Å²) in [7, 11) is 0. The van der Waals surface area contributed by atoms with Crippen molar-refractivity contribution in [1.82, 2.24) is 29.6 Å². The van der Waals surface area contributed by atoms with Gasteiger partial charge in [0.15, 0.2) is 15.7 Å². The van der Waals surface area contributed by atoms with Gasteiger partial charge in [0.2, 0.25) is 5.91 Å². The van der Waals surface area contributed by atoms with Crippen molar-refractivity contribution < 1.29 is 4.79 Å². The van der Waals surface area contributed by atoms with Gasteiger partial charge in [0.25, 0.3) is 0 Å². The second kappa shape index (κ2) is 8.20. The van der Waals surface area contributed by atoms with Crippen LogP contribution in [0.1, 0.15) is 5.56 Å². The van der Waals surface area contributed by atoms with Gasteiger partial charge in [-0.1, -0.05) is 35.1 Å². The standard InChI is InChI=1S/C21H21N7OS2/c1-14-4-2-5-15(12-14)18-24-25-20(30)28(18)13-17(29)26-8-10-27(11-9-26)21-23-16-6-3-7-22-19(16)31-21/h2-7,12H,8-11,13H2,1H3,(H,25,30). The Labute approximate surface area is 188 Å². The van der Waals surface area contributed by atoms with E-state index in [0.29, 0.717) is 23.7 Å². The summed E-state index contributed by atoms with van der Waals surface area (Å²) >= 11 is 6.98. The van der Waals surface area contributed by atoms with E-state index in [1.165, 1.54) is 0 Å². The first-order valence-electron chi connectivity index (χ1n) is 10.0. The lowest BCUT2D eigenvalue weighted by molar-refractivity contribution is -0.132. The number of nitrogens with one attached hydrogen (secondary N) is 1. The number of thiazole rings is 1. The molecule has 4 heterocycles. The van der Waals surface area contributed by atoms with Gasteiger partial charge in [-0.3, -0.25) is 14.5 Å². The Morgan fingerprint density at radius 2 is 2.03 bits per heavy atom. The quantitative estimate of drug-likeness (QED) is 0.480. The van der Waals surface area contributed by atoms with E-state index < -0.39 is 0 Å². The summed E-state index contributed by atoms with van der Waals surface area (Å²) in [5, 5.41) is 8.14. The number of aryl methyl sites for hydroxylation is 1. The van der Waals surface area contributed by atoms with Gasteiger partial charge >= 0.3 is 0 Å². The molecule has 0 saturated carbocycles. The van der Waals surface area contributed by atoms with Gasteiger partial charge in [-0.05, 0) is 37.3 Å². The molecule has 0 aliphatic carbocycles. The van der Waals surface area contributed by atoms with E-state index in [4.69, 9.17) is 12.2 Å². The van der Waals surface area contributed by atoms with Gasteiger partial charge < -0.3 is 9.80 Å². The number of rotatable bonds is 4. The zero-order chi connectivity index (χ0) is 21.4. The number of carbonyl (C=O) groups is 1. The fraction of sp³-hybridized carbons (Fsp3) is 0.286. The number of aromatic amines is 1. The normalized spacial score (nSPS) is 14.4. The highest BCUT2D eigenvalue weighted by Gasteiger charge is 2.24. The minimum Gasteiger partial charge on any atom is -0.344 e. The number of pyridine rings is 1. The molecule has 1 fully saturated rings. The van der Waals surface area contributed by atoms with Gasteiger partial charge in [0.1, 0.15) is 16.9 Å². The number of aromatic nitrogens is 5. The summed E-state index contributed by atoms with van der Waals surface area (Å²) in [5.41, 5.74) is 2.99. The number of benzene rings is 1. The maximum Gasteiger partial charge on any atom is 0.242 e. The van der Waals surface area contributed by atoms with Crippen LogP contribution in [0.3, 0.4) is 0 Å². The molecule has 0 bridgehead atoms. The summed E-state index contributed by atoms with van der Waals surface area (Å²) in [6, 6.07) is 11.9. The van der Waals surface area contributed by atoms with Crippen molar-refractivity contribution in [1.29, 1.82) is 0 Å². The van der Waals surface area contributed by atoms with Gasteiger partial charge in [-0.25, -0.2) is 9.97 Å². The Kier molecular flexibility index (Phi) is 5.24. The van der Waals surface area contributed by atoms with Crippen LogP contribution in [-0.4, -0.2) is 61.7 Å². The molecule has 10 heteroatoms. The predicted octanol–water partition coefficient (Wildman–Crippen LogP) is 3.27. The molecule has 8 nitrogen and oxygen atoms in total. The minimum absolute atomic E-state index is 0.0389. The lowest BCUT2D eigenvalue weighted by Gasteiger charge is -2.34. The summed E-state index contributed by atoms with van der Waals surface area (Å²) in [6.07, 6.45) is 1.78. The third-order valence-corrected chi connectivity index (χ3v) is 6.74. The Bertz CT molecular complexity index is 1270. The van der Waals surface area contributed by atoms with Crippen molar-refractivity contribution in [3.63, 3.8) is 0 Å². The first-order chi connectivity index (χ1) is 15.1. The molecule has 0 atom stereocenters. The first-order valence-corrected chi connectivity index (χ1v) is 11.3. The van der Waals surface area contributed by atoms with Crippen LogP contribution in [0.25, 0.3) is 21.7 Å². The molecule has 3 aromatic heterocycles. The van der Waals surface area contributed by atoms with Crippen LogP contribution in [0.15, 0.2) is 42.6 Å². The van der Waals surface area contributed by atoms with Gasteiger partial charge in [0.05, 0.1) is 0 Å². The van der Waals surface area contributed by atoms with Crippen molar-refractivity contribution in [2.45, 2.75) is 13.5 Å². The third-order valence-electron chi connectivity index (χ3n) is 5.39. The molecule has 0 spiro atoms. The molecule has 158 valence electrons. The molecule has 4 aromatic rings. The van der Waals surface area contributed by atoms with Crippen molar-refractivity contribution in [2.24, 2.45) is 0 Å². The number of piperazine rings is 1. The van der Waals surface area contributed by atoms with E-state index in [-0.39, 0.29) is 12.5 Å². The number of hydrogen-bond donors (Lipinski definition) is 1. The molecular weight excluding hydrogens is 430 g/mol. The van der Waals surface area contributed by atoms with Crippen LogP contribution in [0.4, 0.5) is 5.13 Å². The highest BCUT2D eigenvalue weighted by Crippen LogP contribution is 2.27. The summed E-state index contributed by atoms with van der Waals surface area (Å²) in [6.45, 7) is 4.98. The second-order valence-corrected chi connectivity index (χ2v) is 8.84. The minimum atomic E-state index is 0.0389. The molecule has 1 aliphatic rings. The van der Waals surface area contributed by atoms with Gasteiger partial charge in [-0.2, -0.15) is 5.10 Å². The molecule has 5 rings (SSSR count). The molecule has 1 aliphatic heterocycles. The fourth-order valence-electron chi connectivity index (χ4n) is 3.74. The number of carbonyl (C=O) groups excluding carboxylic acids is 1. The van der Waals surface area contributed by atoms with Crippen LogP contribution in [0.5, 0.6) is 0 Å². The van der Waals surface area contributed by atoms with E-state index in [0.717, 1.165) is 39.7 Å². The van der Waals surface area contributed by atoms with Crippen LogP contribution in [0.2, 0.25) is 0 Å². The number of amides is 1. The summed E-state index contributed by atoms with van der Waals surface area (Å²) in [5.74, 6) is 0.722. The third kappa shape index (κ3) is 3.96. The number of anilines is 1. The first kappa shape index (κ1) is 19.8. The van der Waals surface area contributed by atoms with Gasteiger partial charge in [0, 0.05) is 37.9 Å². The van der Waals surface area contributed by atoms with E-state index in [2.05, 4.69) is 25.1 Å². The van der Waals surface area contributed by atoms with Crippen molar-refractivity contribution in [3.05, 3.63) is 52.9 Å². The largest absolute Gasteiger partial charge is 0.344 e. The van der Waals surface area contributed by atoms with Crippen LogP contribution < -0.4 is 4.90 Å². The maximum atomic E-state index is 13.0. The average Bonchev–Trinajstić information content (AvgIpc) is 3.38. The summed E-state index contributed by atoms with van der Waals surface area (Å²) < 4.78 is 2.23. The monoisotopic (exact) mass is 451 g/mol. The number of hydrogen-bond acceptors (Lipinski definition) is 7. The Morgan fingerprint density at radius 1 is 1.19 bits per heavy atom. The van der Waals surface area contributed by atoms with Crippen molar-refractivity contribution >= 4 is 44.9 Å². The molecule has 1 N–H and O–H groups in total. The van der Waals surface area contributed by atoms with Crippen LogP contribution in [0, 0.1) is 11.7 Å². The van der Waals surface area contributed by atoms with E-state index in [1.807, 2.05) is 48.2 Å². The maximum absolute atomic E-state index is 13.0. The SMILES string of the molecule is Cc1cccc(-c2n[nH]c(=S)n2CC(=O)N2CCN(c3nc4cccnc4s3)CC2)c1. The Hall–Kier alpha value is -3.11. The van der Waals surface area contributed by atoms with E-state index >= 15 is 0 Å². The van der Waals surface area contributed by atoms with Crippen molar-refractivity contribution in [3.8, 4) is 11.4 Å². The fourth-order valence-corrected chi connectivity index (χ4v) is 4.90. The second-order valence-electron chi connectivity index (χ2n) is 7.50. The zero-order valence-corrected chi connectivity index (χ0v) is 18.6. The molecule has 0 radical (unpaired) electrons. The van der Waals surface area contributed by atoms with E-state index in [9.17, 15) is 4.79 Å². The highest BCUT2D eigenvalue weighted by atomic mass is 32.1. The molecule has 1 saturated heterocycles. The number of H-pyrrole nitrogens is 1. The van der Waals surface area contributed by atoms with Crippen LogP contribution in [-0.2, 0) is 11.3 Å². The summed E-state index contributed by atoms with van der Waals surface area (Å²) in [4.78, 5) is 27.1. The number of nitrogens with zero attached hydrogens (tertiary/aromatic N) is 6. The van der Waals surface area contributed by atoms with Crippen molar-refractivity contribution in [2.75, 3.05) is 31.1 Å². The zero-order valence-electron chi connectivity index (χ0n) is 17.0. The molecule has 1 aromatic carbocycles. The Morgan fingerprint density at radius 3 is 2.81 bits per heavy atom. The Balaban J connectivity index is 1.27. The lowest BCUT2D eigenvalue weighted by atomic mass is 10.1. The molecule has 31 heavy (non-hydrogen) atoms. The smallest absolute Gasteiger partial charge is 0.242 e. The molecular formula is C21H21N7OS2. The van der Waals surface area contributed by atoms with Crippen LogP contribution >= 0.6 is 23.6 Å². The topological polar surface area (TPSA) is 82.9 Å². The highest BCUT2D eigenvalue weighted by molar-refractivity contribution is 7.71. The lowest BCUT2D eigenvalue weighted by Crippen LogP contribution is -2.49.